The molecule has 0 bridgehead atoms. The van der Waals surface area contributed by atoms with E-state index in [0.29, 0.717) is 20.8 Å². The van der Waals surface area contributed by atoms with E-state index in [-0.39, 0.29) is 18.4 Å². The minimum Gasteiger partial charge on any atom is -0.481 e. The molecule has 23 heavy (non-hydrogen) atoms. The Kier molecular flexibility index (Phi) is 4.04. The molecular formula is C16H10F3NO2S. The number of halogens is 3. The first-order chi connectivity index (χ1) is 10.9. The van der Waals surface area contributed by atoms with Gasteiger partial charge >= 0.3 is 5.97 Å². The van der Waals surface area contributed by atoms with E-state index in [4.69, 9.17) is 5.11 Å². The van der Waals surface area contributed by atoms with Gasteiger partial charge in [0.2, 0.25) is 0 Å². The Morgan fingerprint density at radius 1 is 1.13 bits per heavy atom. The van der Waals surface area contributed by atoms with Gasteiger partial charge in [0.25, 0.3) is 0 Å². The summed E-state index contributed by atoms with van der Waals surface area (Å²) < 4.78 is 40.9. The van der Waals surface area contributed by atoms with E-state index < -0.39 is 23.4 Å². The number of hydrogen-bond donors (Lipinski definition) is 1. The lowest BCUT2D eigenvalue weighted by Crippen LogP contribution is -2.01. The predicted octanol–water partition coefficient (Wildman–Crippen LogP) is 3.93. The number of rotatable bonds is 4. The average molecular weight is 337 g/mol. The van der Waals surface area contributed by atoms with Crippen LogP contribution in [0.25, 0.3) is 10.2 Å². The molecule has 0 radical (unpaired) electrons. The van der Waals surface area contributed by atoms with E-state index in [9.17, 15) is 18.0 Å². The van der Waals surface area contributed by atoms with Crippen LogP contribution in [0.3, 0.4) is 0 Å². The summed E-state index contributed by atoms with van der Waals surface area (Å²) in [5, 5.41) is 9.28. The standard InChI is InChI=1S/C16H10F3NO2S/c17-10-4-8(3-9(5-10)7-14(21)22)6-13-20-16-12(23-13)2-1-11(18)15(16)19/h1-5H,6-7H2,(H,21,22). The van der Waals surface area contributed by atoms with Crippen LogP contribution in [0.1, 0.15) is 16.1 Å². The van der Waals surface area contributed by atoms with Gasteiger partial charge in [-0.1, -0.05) is 6.07 Å². The molecule has 3 rings (SSSR count). The molecule has 0 amide bonds. The molecule has 1 aromatic heterocycles. The first kappa shape index (κ1) is 15.5. The second-order valence-electron chi connectivity index (χ2n) is 5.03. The van der Waals surface area contributed by atoms with Gasteiger partial charge in [-0.2, -0.15) is 0 Å². The number of benzene rings is 2. The molecule has 0 saturated carbocycles. The number of fused-ring (bicyclic) bond motifs is 1. The zero-order valence-corrected chi connectivity index (χ0v) is 12.5. The zero-order chi connectivity index (χ0) is 16.6. The topological polar surface area (TPSA) is 50.2 Å². The Morgan fingerprint density at radius 2 is 1.87 bits per heavy atom. The molecule has 0 fully saturated rings. The Balaban J connectivity index is 1.94. The molecule has 7 heteroatoms. The fourth-order valence-electron chi connectivity index (χ4n) is 2.33. The molecule has 0 aliphatic heterocycles. The van der Waals surface area contributed by atoms with Crippen LogP contribution in [-0.2, 0) is 17.6 Å². The van der Waals surface area contributed by atoms with Gasteiger partial charge < -0.3 is 5.11 Å². The first-order valence-corrected chi connectivity index (χ1v) is 7.47. The van der Waals surface area contributed by atoms with Crippen molar-refractivity contribution in [3.63, 3.8) is 0 Å². The van der Waals surface area contributed by atoms with Crippen molar-refractivity contribution >= 4 is 27.5 Å². The van der Waals surface area contributed by atoms with Crippen LogP contribution in [0.2, 0.25) is 0 Å². The number of carboxylic acid groups (broad SMARTS) is 1. The number of carbonyl (C=O) groups is 1. The number of thiazole rings is 1. The van der Waals surface area contributed by atoms with Gasteiger partial charge in [0.1, 0.15) is 11.3 Å². The molecule has 0 saturated heterocycles. The van der Waals surface area contributed by atoms with Crippen molar-refractivity contribution in [2.45, 2.75) is 12.8 Å². The highest BCUT2D eigenvalue weighted by atomic mass is 32.1. The summed E-state index contributed by atoms with van der Waals surface area (Å²) in [6.45, 7) is 0. The lowest BCUT2D eigenvalue weighted by Gasteiger charge is -2.03. The number of hydrogen-bond acceptors (Lipinski definition) is 3. The molecule has 0 spiro atoms. The maximum Gasteiger partial charge on any atom is 0.307 e. The quantitative estimate of drug-likeness (QED) is 0.785. The van der Waals surface area contributed by atoms with Crippen molar-refractivity contribution in [1.82, 2.24) is 4.98 Å². The molecule has 2 aromatic carbocycles. The normalized spacial score (nSPS) is 11.1. The highest BCUT2D eigenvalue weighted by molar-refractivity contribution is 7.18. The molecule has 0 unspecified atom stereocenters. The summed E-state index contributed by atoms with van der Waals surface area (Å²) >= 11 is 1.18. The fraction of sp³-hybridized carbons (Fsp3) is 0.125. The zero-order valence-electron chi connectivity index (χ0n) is 11.6. The summed E-state index contributed by atoms with van der Waals surface area (Å²) in [6.07, 6.45) is -0.0742. The van der Waals surface area contributed by atoms with Crippen LogP contribution in [0, 0.1) is 17.5 Å². The number of aliphatic carboxylic acids is 1. The van der Waals surface area contributed by atoms with Gasteiger partial charge in [0.05, 0.1) is 16.1 Å². The van der Waals surface area contributed by atoms with Crippen molar-refractivity contribution in [2.24, 2.45) is 0 Å². The lowest BCUT2D eigenvalue weighted by atomic mass is 10.1. The van der Waals surface area contributed by atoms with Gasteiger partial charge in [-0.3, -0.25) is 4.79 Å². The van der Waals surface area contributed by atoms with Crippen LogP contribution >= 0.6 is 11.3 Å². The highest BCUT2D eigenvalue weighted by Crippen LogP contribution is 2.27. The van der Waals surface area contributed by atoms with E-state index >= 15 is 0 Å². The van der Waals surface area contributed by atoms with E-state index in [2.05, 4.69) is 4.98 Å². The second kappa shape index (κ2) is 6.00. The average Bonchev–Trinajstić information content (AvgIpc) is 2.85. The minimum atomic E-state index is -1.06. The Hall–Kier alpha value is -2.41. The molecule has 0 atom stereocenters. The number of aromatic nitrogens is 1. The SMILES string of the molecule is O=C(O)Cc1cc(F)cc(Cc2nc3c(F)c(F)ccc3s2)c1. The van der Waals surface area contributed by atoms with Gasteiger partial charge in [-0.25, -0.2) is 18.2 Å². The van der Waals surface area contributed by atoms with Crippen molar-refractivity contribution in [3.8, 4) is 0 Å². The summed E-state index contributed by atoms with van der Waals surface area (Å²) in [5.74, 6) is -3.57. The molecular weight excluding hydrogens is 327 g/mol. The van der Waals surface area contributed by atoms with Gasteiger partial charge in [0.15, 0.2) is 11.6 Å². The van der Waals surface area contributed by atoms with Gasteiger partial charge in [0, 0.05) is 6.42 Å². The third-order valence-electron chi connectivity index (χ3n) is 3.22. The first-order valence-electron chi connectivity index (χ1n) is 6.66. The lowest BCUT2D eigenvalue weighted by molar-refractivity contribution is -0.136. The van der Waals surface area contributed by atoms with Crippen molar-refractivity contribution in [2.75, 3.05) is 0 Å². The fourth-order valence-corrected chi connectivity index (χ4v) is 3.33. The molecule has 118 valence electrons. The van der Waals surface area contributed by atoms with Crippen LogP contribution in [0.15, 0.2) is 30.3 Å². The number of nitrogens with zero attached hydrogens (tertiary/aromatic N) is 1. The summed E-state index contributed by atoms with van der Waals surface area (Å²) in [4.78, 5) is 14.8. The predicted molar refractivity (Wildman–Crippen MR) is 80.1 cm³/mol. The second-order valence-corrected chi connectivity index (χ2v) is 6.15. The molecule has 0 aliphatic carbocycles. The van der Waals surface area contributed by atoms with Crippen LogP contribution in [-0.4, -0.2) is 16.1 Å². The minimum absolute atomic E-state index is 0.0489. The van der Waals surface area contributed by atoms with Crippen molar-refractivity contribution < 1.29 is 23.1 Å². The number of carboxylic acids is 1. The molecule has 1 N–H and O–H groups in total. The van der Waals surface area contributed by atoms with Gasteiger partial charge in [-0.15, -0.1) is 11.3 Å². The third-order valence-corrected chi connectivity index (χ3v) is 4.24. The smallest absolute Gasteiger partial charge is 0.307 e. The Morgan fingerprint density at radius 3 is 2.61 bits per heavy atom. The van der Waals surface area contributed by atoms with Crippen molar-refractivity contribution in [3.05, 3.63) is 63.9 Å². The Labute approximate surface area is 133 Å². The summed E-state index contributed by atoms with van der Waals surface area (Å²) in [5.41, 5.74) is 0.819. The van der Waals surface area contributed by atoms with Gasteiger partial charge in [-0.05, 0) is 35.4 Å². The van der Waals surface area contributed by atoms with E-state index in [1.807, 2.05) is 0 Å². The highest BCUT2D eigenvalue weighted by Gasteiger charge is 2.13. The third kappa shape index (κ3) is 3.34. The van der Waals surface area contributed by atoms with Crippen molar-refractivity contribution in [1.29, 1.82) is 0 Å². The Bertz CT molecular complexity index is 908. The maximum atomic E-state index is 13.7. The van der Waals surface area contributed by atoms with Crippen LogP contribution in [0.4, 0.5) is 13.2 Å². The molecule has 1 heterocycles. The van der Waals surface area contributed by atoms with Crippen LogP contribution < -0.4 is 0 Å². The van der Waals surface area contributed by atoms with E-state index in [1.165, 1.54) is 23.5 Å². The summed E-state index contributed by atoms with van der Waals surface area (Å²) in [7, 11) is 0. The molecule has 3 aromatic rings. The van der Waals surface area contributed by atoms with E-state index in [0.717, 1.165) is 12.1 Å². The summed E-state index contributed by atoms with van der Waals surface area (Å²) in [6, 6.07) is 6.47. The monoisotopic (exact) mass is 337 g/mol. The molecule has 3 nitrogen and oxygen atoms in total. The largest absolute Gasteiger partial charge is 0.481 e. The maximum absolute atomic E-state index is 13.7. The van der Waals surface area contributed by atoms with E-state index in [1.54, 1.807) is 6.07 Å². The van der Waals surface area contributed by atoms with Crippen LogP contribution in [0.5, 0.6) is 0 Å². The molecule has 0 aliphatic rings.